The van der Waals surface area contributed by atoms with Gasteiger partial charge in [-0.3, -0.25) is 4.79 Å². The average molecular weight is 371 g/mol. The summed E-state index contributed by atoms with van der Waals surface area (Å²) in [4.78, 5) is 39.2. The molecule has 1 aromatic carbocycles. The highest BCUT2D eigenvalue weighted by molar-refractivity contribution is 5.95. The maximum atomic E-state index is 12.3. The monoisotopic (exact) mass is 371 g/mol. The van der Waals surface area contributed by atoms with E-state index >= 15 is 0 Å². The van der Waals surface area contributed by atoms with Crippen LogP contribution in [0.15, 0.2) is 41.7 Å². The van der Waals surface area contributed by atoms with Gasteiger partial charge in [-0.2, -0.15) is 0 Å². The van der Waals surface area contributed by atoms with E-state index in [0.29, 0.717) is 0 Å². The van der Waals surface area contributed by atoms with Crippen LogP contribution in [0.4, 0.5) is 4.79 Å². The fourth-order valence-electron chi connectivity index (χ4n) is 3.03. The van der Waals surface area contributed by atoms with Gasteiger partial charge in [-0.1, -0.05) is 18.2 Å². The van der Waals surface area contributed by atoms with Crippen molar-refractivity contribution in [1.29, 1.82) is 0 Å². The van der Waals surface area contributed by atoms with Gasteiger partial charge < -0.3 is 25.1 Å². The Morgan fingerprint density at radius 3 is 2.74 bits per heavy atom. The summed E-state index contributed by atoms with van der Waals surface area (Å²) in [5.74, 6) is -1.02. The van der Waals surface area contributed by atoms with Gasteiger partial charge in [0.25, 0.3) is 0 Å². The van der Waals surface area contributed by atoms with Crippen molar-refractivity contribution in [3.63, 3.8) is 0 Å². The molecule has 0 aliphatic carbocycles. The van der Waals surface area contributed by atoms with Gasteiger partial charge in [-0.15, -0.1) is 0 Å². The number of aromatic nitrogens is 1. The number of rotatable bonds is 6. The van der Waals surface area contributed by atoms with Crippen LogP contribution in [-0.2, 0) is 25.5 Å². The minimum atomic E-state index is -0.555. The van der Waals surface area contributed by atoms with Crippen LogP contribution in [0.25, 0.3) is 10.9 Å². The molecule has 1 aromatic heterocycles. The van der Waals surface area contributed by atoms with Crippen LogP contribution in [0.1, 0.15) is 19.4 Å². The molecule has 0 spiro atoms. The van der Waals surface area contributed by atoms with E-state index in [2.05, 4.69) is 15.6 Å². The SMILES string of the molecule is CCOC(=O)C1=C(COC(=O)Cc2c[nH]c3ccccc23)NC(=O)N[C@H]1C. The normalized spacial score (nSPS) is 16.7. The molecule has 27 heavy (non-hydrogen) atoms. The van der Waals surface area contributed by atoms with Crippen molar-refractivity contribution in [1.82, 2.24) is 15.6 Å². The van der Waals surface area contributed by atoms with Crippen molar-refractivity contribution in [3.8, 4) is 0 Å². The van der Waals surface area contributed by atoms with E-state index in [-0.39, 0.29) is 30.9 Å². The van der Waals surface area contributed by atoms with E-state index in [1.807, 2.05) is 24.3 Å². The van der Waals surface area contributed by atoms with E-state index < -0.39 is 24.0 Å². The fraction of sp³-hybridized carbons (Fsp3) is 0.316. The number of ether oxygens (including phenoxy) is 2. The zero-order valence-electron chi connectivity index (χ0n) is 15.1. The molecule has 1 aliphatic rings. The molecule has 142 valence electrons. The summed E-state index contributed by atoms with van der Waals surface area (Å²) in [5.41, 5.74) is 2.23. The molecule has 0 saturated heterocycles. The van der Waals surface area contributed by atoms with Crippen LogP contribution >= 0.6 is 0 Å². The highest BCUT2D eigenvalue weighted by Crippen LogP contribution is 2.19. The quantitative estimate of drug-likeness (QED) is 0.671. The number of H-pyrrole nitrogens is 1. The second kappa shape index (κ2) is 7.94. The molecular weight excluding hydrogens is 350 g/mol. The maximum absolute atomic E-state index is 12.3. The molecule has 2 amide bonds. The summed E-state index contributed by atoms with van der Waals surface area (Å²) in [6.07, 6.45) is 1.84. The standard InChI is InChI=1S/C19H21N3O5/c1-3-26-18(24)17-11(2)21-19(25)22-15(17)10-27-16(23)8-12-9-20-14-7-5-4-6-13(12)14/h4-7,9,11,20H,3,8,10H2,1-2H3,(H2,21,22,25)/t11-/m0/s1. The molecule has 3 rings (SSSR count). The van der Waals surface area contributed by atoms with Crippen molar-refractivity contribution < 1.29 is 23.9 Å². The van der Waals surface area contributed by atoms with Crippen molar-refractivity contribution in [2.75, 3.05) is 13.2 Å². The lowest BCUT2D eigenvalue weighted by molar-refractivity contribution is -0.143. The van der Waals surface area contributed by atoms with E-state index in [1.165, 1.54) is 0 Å². The van der Waals surface area contributed by atoms with Gasteiger partial charge in [0.1, 0.15) is 6.61 Å². The van der Waals surface area contributed by atoms with Crippen LogP contribution in [0.3, 0.4) is 0 Å². The van der Waals surface area contributed by atoms with E-state index in [0.717, 1.165) is 16.5 Å². The zero-order valence-corrected chi connectivity index (χ0v) is 15.1. The molecule has 2 aromatic rings. The molecule has 0 radical (unpaired) electrons. The summed E-state index contributed by atoms with van der Waals surface area (Å²) >= 11 is 0. The van der Waals surface area contributed by atoms with Gasteiger partial charge >= 0.3 is 18.0 Å². The number of urea groups is 1. The molecule has 1 atom stereocenters. The van der Waals surface area contributed by atoms with Gasteiger partial charge in [0.2, 0.25) is 0 Å². The zero-order chi connectivity index (χ0) is 19.4. The molecule has 8 heteroatoms. The first-order valence-corrected chi connectivity index (χ1v) is 8.68. The van der Waals surface area contributed by atoms with E-state index in [1.54, 1.807) is 20.0 Å². The highest BCUT2D eigenvalue weighted by atomic mass is 16.5. The van der Waals surface area contributed by atoms with Gasteiger partial charge in [0, 0.05) is 17.1 Å². The van der Waals surface area contributed by atoms with Gasteiger partial charge in [0.05, 0.1) is 30.3 Å². The number of para-hydroxylation sites is 1. The predicted octanol–water partition coefficient (Wildman–Crippen LogP) is 1.77. The summed E-state index contributed by atoms with van der Waals surface area (Å²) < 4.78 is 10.3. The van der Waals surface area contributed by atoms with Crippen LogP contribution in [-0.4, -0.2) is 42.2 Å². The van der Waals surface area contributed by atoms with Crippen molar-refractivity contribution in [3.05, 3.63) is 47.3 Å². The number of nitrogens with one attached hydrogen (secondary N) is 3. The van der Waals surface area contributed by atoms with Crippen LogP contribution in [0.2, 0.25) is 0 Å². The van der Waals surface area contributed by atoms with E-state index in [4.69, 9.17) is 9.47 Å². The second-order valence-electron chi connectivity index (χ2n) is 6.13. The number of hydrogen-bond acceptors (Lipinski definition) is 5. The average Bonchev–Trinajstić information content (AvgIpc) is 3.02. The van der Waals surface area contributed by atoms with Crippen molar-refractivity contribution >= 4 is 28.9 Å². The predicted molar refractivity (Wildman–Crippen MR) is 97.8 cm³/mol. The Kier molecular flexibility index (Phi) is 5.44. The Balaban J connectivity index is 1.71. The number of hydrogen-bond donors (Lipinski definition) is 3. The molecule has 8 nitrogen and oxygen atoms in total. The lowest BCUT2D eigenvalue weighted by atomic mass is 10.0. The smallest absolute Gasteiger partial charge is 0.338 e. The third kappa shape index (κ3) is 4.11. The first-order chi connectivity index (χ1) is 13.0. The molecule has 0 fully saturated rings. The minimum Gasteiger partial charge on any atom is -0.463 e. The number of amides is 2. The fourth-order valence-corrected chi connectivity index (χ4v) is 3.03. The molecule has 0 unspecified atom stereocenters. The van der Waals surface area contributed by atoms with Gasteiger partial charge in [-0.05, 0) is 25.5 Å². The molecule has 1 aliphatic heterocycles. The van der Waals surface area contributed by atoms with E-state index in [9.17, 15) is 14.4 Å². The number of aromatic amines is 1. The second-order valence-corrected chi connectivity index (χ2v) is 6.13. The van der Waals surface area contributed by atoms with Crippen molar-refractivity contribution in [2.45, 2.75) is 26.3 Å². The van der Waals surface area contributed by atoms with Crippen LogP contribution in [0.5, 0.6) is 0 Å². The molecule has 3 N–H and O–H groups in total. The number of carbonyl (C=O) groups excluding carboxylic acids is 3. The minimum absolute atomic E-state index is 0.0772. The Hall–Kier alpha value is -3.29. The topological polar surface area (TPSA) is 110 Å². The third-order valence-corrected chi connectivity index (χ3v) is 4.25. The summed E-state index contributed by atoms with van der Waals surface area (Å²) in [6, 6.07) is 6.65. The Morgan fingerprint density at radius 2 is 1.96 bits per heavy atom. The third-order valence-electron chi connectivity index (χ3n) is 4.25. The lowest BCUT2D eigenvalue weighted by Crippen LogP contribution is -2.50. The summed E-state index contributed by atoms with van der Waals surface area (Å²) in [7, 11) is 0. The molecule has 0 bridgehead atoms. The number of fused-ring (bicyclic) bond motifs is 1. The molecular formula is C19H21N3O5. The Morgan fingerprint density at radius 1 is 1.19 bits per heavy atom. The number of esters is 2. The van der Waals surface area contributed by atoms with Crippen LogP contribution < -0.4 is 10.6 Å². The molecule has 2 heterocycles. The Labute approximate surface area is 155 Å². The molecule has 0 saturated carbocycles. The largest absolute Gasteiger partial charge is 0.463 e. The van der Waals surface area contributed by atoms with Gasteiger partial charge in [-0.25, -0.2) is 9.59 Å². The van der Waals surface area contributed by atoms with Gasteiger partial charge in [0.15, 0.2) is 0 Å². The first kappa shape index (κ1) is 18.5. The number of carbonyl (C=O) groups is 3. The first-order valence-electron chi connectivity index (χ1n) is 8.68. The number of benzene rings is 1. The van der Waals surface area contributed by atoms with Crippen LogP contribution in [0, 0.1) is 0 Å². The Bertz CT molecular complexity index is 915. The summed E-state index contributed by atoms with van der Waals surface area (Å²) in [6.45, 7) is 3.35. The highest BCUT2D eigenvalue weighted by Gasteiger charge is 2.30. The lowest BCUT2D eigenvalue weighted by Gasteiger charge is -2.26. The van der Waals surface area contributed by atoms with Crippen molar-refractivity contribution in [2.24, 2.45) is 0 Å². The summed E-state index contributed by atoms with van der Waals surface area (Å²) in [5, 5.41) is 6.06. The maximum Gasteiger partial charge on any atom is 0.338 e.